The molecule has 1 N–H and O–H groups in total. The van der Waals surface area contributed by atoms with E-state index in [1.807, 2.05) is 0 Å². The first kappa shape index (κ1) is 12.6. The van der Waals surface area contributed by atoms with Gasteiger partial charge in [-0.05, 0) is 24.1 Å². The van der Waals surface area contributed by atoms with E-state index in [9.17, 15) is 9.90 Å². The van der Waals surface area contributed by atoms with Crippen molar-refractivity contribution in [2.24, 2.45) is 5.92 Å². The molecule has 0 spiro atoms. The van der Waals surface area contributed by atoms with Crippen molar-refractivity contribution in [3.05, 3.63) is 29.8 Å². The van der Waals surface area contributed by atoms with Crippen LogP contribution < -0.4 is 0 Å². The van der Waals surface area contributed by atoms with Gasteiger partial charge >= 0.3 is 0 Å². The van der Waals surface area contributed by atoms with E-state index in [1.54, 1.807) is 30.1 Å². The topological polar surface area (TPSA) is 40.5 Å². The molecule has 16 heavy (non-hydrogen) atoms. The third-order valence-electron chi connectivity index (χ3n) is 2.72. The van der Waals surface area contributed by atoms with E-state index in [0.717, 1.165) is 13.0 Å². The van der Waals surface area contributed by atoms with Crippen LogP contribution in [0.25, 0.3) is 0 Å². The lowest BCUT2D eigenvalue weighted by Crippen LogP contribution is -2.30. The number of aromatic hydroxyl groups is 1. The Morgan fingerprint density at radius 1 is 1.50 bits per heavy atom. The third-order valence-corrected chi connectivity index (χ3v) is 2.72. The number of carbonyl (C=O) groups is 1. The van der Waals surface area contributed by atoms with Gasteiger partial charge in [0, 0.05) is 19.2 Å². The van der Waals surface area contributed by atoms with Crippen LogP contribution in [0.1, 0.15) is 30.6 Å². The smallest absolute Gasteiger partial charge is 0.253 e. The fraction of sp³-hybridized carbons (Fsp3) is 0.462. The molecule has 0 aliphatic heterocycles. The van der Waals surface area contributed by atoms with Crippen LogP contribution in [-0.4, -0.2) is 29.5 Å². The summed E-state index contributed by atoms with van der Waals surface area (Å²) in [4.78, 5) is 13.7. The maximum absolute atomic E-state index is 12.0. The molecule has 0 saturated heterocycles. The standard InChI is InChI=1S/C13H19NO2/c1-4-10(2)9-14(3)13(16)11-6-5-7-12(15)8-11/h5-8,10,15H,4,9H2,1-3H3. The van der Waals surface area contributed by atoms with Gasteiger partial charge in [0.05, 0.1) is 0 Å². The number of hydrogen-bond acceptors (Lipinski definition) is 2. The van der Waals surface area contributed by atoms with Gasteiger partial charge in [0.25, 0.3) is 5.91 Å². The van der Waals surface area contributed by atoms with Crippen LogP contribution in [0, 0.1) is 5.92 Å². The number of amides is 1. The predicted octanol–water partition coefficient (Wildman–Crippen LogP) is 2.51. The van der Waals surface area contributed by atoms with Crippen molar-refractivity contribution in [1.29, 1.82) is 0 Å². The molecule has 0 aliphatic carbocycles. The van der Waals surface area contributed by atoms with Crippen LogP contribution in [0.2, 0.25) is 0 Å². The lowest BCUT2D eigenvalue weighted by Gasteiger charge is -2.20. The highest BCUT2D eigenvalue weighted by Crippen LogP contribution is 2.13. The van der Waals surface area contributed by atoms with E-state index >= 15 is 0 Å². The second-order valence-corrected chi connectivity index (χ2v) is 4.25. The lowest BCUT2D eigenvalue weighted by molar-refractivity contribution is 0.0774. The molecule has 0 saturated carbocycles. The van der Waals surface area contributed by atoms with E-state index in [0.29, 0.717) is 11.5 Å². The van der Waals surface area contributed by atoms with Gasteiger partial charge in [-0.15, -0.1) is 0 Å². The molecule has 88 valence electrons. The second kappa shape index (κ2) is 5.54. The Morgan fingerprint density at radius 2 is 2.19 bits per heavy atom. The van der Waals surface area contributed by atoms with Gasteiger partial charge in [-0.1, -0.05) is 26.3 Å². The van der Waals surface area contributed by atoms with Crippen molar-refractivity contribution in [2.45, 2.75) is 20.3 Å². The van der Waals surface area contributed by atoms with Gasteiger partial charge in [-0.2, -0.15) is 0 Å². The summed E-state index contributed by atoms with van der Waals surface area (Å²) in [5.41, 5.74) is 0.533. The summed E-state index contributed by atoms with van der Waals surface area (Å²) in [7, 11) is 1.79. The molecule has 0 bridgehead atoms. The first-order chi connectivity index (χ1) is 7.54. The fourth-order valence-corrected chi connectivity index (χ4v) is 1.54. The molecular weight excluding hydrogens is 202 g/mol. The van der Waals surface area contributed by atoms with Gasteiger partial charge in [-0.3, -0.25) is 4.79 Å². The van der Waals surface area contributed by atoms with Crippen LogP contribution in [0.3, 0.4) is 0 Å². The summed E-state index contributed by atoms with van der Waals surface area (Å²) in [6, 6.07) is 6.45. The summed E-state index contributed by atoms with van der Waals surface area (Å²) in [6.07, 6.45) is 1.05. The minimum Gasteiger partial charge on any atom is -0.508 e. The molecule has 3 heteroatoms. The zero-order valence-corrected chi connectivity index (χ0v) is 10.1. The number of hydrogen-bond donors (Lipinski definition) is 1. The molecule has 3 nitrogen and oxygen atoms in total. The minimum absolute atomic E-state index is 0.0452. The number of rotatable bonds is 4. The van der Waals surface area contributed by atoms with Crippen molar-refractivity contribution in [3.8, 4) is 5.75 Å². The maximum atomic E-state index is 12.0. The first-order valence-corrected chi connectivity index (χ1v) is 5.59. The molecule has 0 heterocycles. The van der Waals surface area contributed by atoms with Gasteiger partial charge in [0.2, 0.25) is 0 Å². The maximum Gasteiger partial charge on any atom is 0.253 e. The Bertz CT molecular complexity index is 363. The van der Waals surface area contributed by atoms with Gasteiger partial charge < -0.3 is 10.0 Å². The zero-order chi connectivity index (χ0) is 12.1. The Balaban J connectivity index is 2.70. The molecule has 0 fully saturated rings. The number of carbonyl (C=O) groups excluding carboxylic acids is 1. The van der Waals surface area contributed by atoms with E-state index in [1.165, 1.54) is 6.07 Å². The van der Waals surface area contributed by atoms with Crippen LogP contribution in [0.15, 0.2) is 24.3 Å². The summed E-state index contributed by atoms with van der Waals surface area (Å²) in [6.45, 7) is 4.97. The number of benzene rings is 1. The van der Waals surface area contributed by atoms with E-state index in [4.69, 9.17) is 0 Å². The molecule has 1 atom stereocenters. The Labute approximate surface area is 96.7 Å². The third kappa shape index (κ3) is 3.26. The highest BCUT2D eigenvalue weighted by molar-refractivity contribution is 5.94. The molecule has 1 aromatic rings. The quantitative estimate of drug-likeness (QED) is 0.848. The average molecular weight is 221 g/mol. The number of phenols is 1. The molecule has 1 aromatic carbocycles. The normalized spacial score (nSPS) is 12.2. The predicted molar refractivity (Wildman–Crippen MR) is 64.5 cm³/mol. The molecule has 0 aromatic heterocycles. The zero-order valence-electron chi connectivity index (χ0n) is 10.1. The summed E-state index contributed by atoms with van der Waals surface area (Å²) in [5, 5.41) is 9.30. The van der Waals surface area contributed by atoms with Crippen LogP contribution >= 0.6 is 0 Å². The van der Waals surface area contributed by atoms with Crippen molar-refractivity contribution in [2.75, 3.05) is 13.6 Å². The Morgan fingerprint density at radius 3 is 2.75 bits per heavy atom. The molecule has 0 radical (unpaired) electrons. The second-order valence-electron chi connectivity index (χ2n) is 4.25. The molecule has 0 aliphatic rings. The SMILES string of the molecule is CCC(C)CN(C)C(=O)c1cccc(O)c1. The first-order valence-electron chi connectivity index (χ1n) is 5.59. The van der Waals surface area contributed by atoms with E-state index in [-0.39, 0.29) is 11.7 Å². The van der Waals surface area contributed by atoms with Crippen LogP contribution in [-0.2, 0) is 0 Å². The molecule has 1 rings (SSSR count). The van der Waals surface area contributed by atoms with Crippen molar-refractivity contribution < 1.29 is 9.90 Å². The van der Waals surface area contributed by atoms with E-state index in [2.05, 4.69) is 13.8 Å². The monoisotopic (exact) mass is 221 g/mol. The Hall–Kier alpha value is -1.51. The van der Waals surface area contributed by atoms with Crippen molar-refractivity contribution in [1.82, 2.24) is 4.90 Å². The minimum atomic E-state index is -0.0452. The van der Waals surface area contributed by atoms with Gasteiger partial charge in [-0.25, -0.2) is 0 Å². The van der Waals surface area contributed by atoms with E-state index < -0.39 is 0 Å². The van der Waals surface area contributed by atoms with Crippen LogP contribution in [0.4, 0.5) is 0 Å². The highest BCUT2D eigenvalue weighted by Gasteiger charge is 2.13. The fourth-order valence-electron chi connectivity index (χ4n) is 1.54. The van der Waals surface area contributed by atoms with Crippen molar-refractivity contribution in [3.63, 3.8) is 0 Å². The Kier molecular flexibility index (Phi) is 4.35. The van der Waals surface area contributed by atoms with Crippen LogP contribution in [0.5, 0.6) is 5.75 Å². The number of nitrogens with zero attached hydrogens (tertiary/aromatic N) is 1. The van der Waals surface area contributed by atoms with Crippen molar-refractivity contribution >= 4 is 5.91 Å². The van der Waals surface area contributed by atoms with Gasteiger partial charge in [0.1, 0.15) is 5.75 Å². The summed E-state index contributed by atoms with van der Waals surface area (Å²) < 4.78 is 0. The molecular formula is C13H19NO2. The number of phenolic OH excluding ortho intramolecular Hbond substituents is 1. The molecule has 1 amide bonds. The van der Waals surface area contributed by atoms with Gasteiger partial charge in [0.15, 0.2) is 0 Å². The summed E-state index contributed by atoms with van der Waals surface area (Å²) in [5.74, 6) is 0.574. The lowest BCUT2D eigenvalue weighted by atomic mass is 10.1. The highest BCUT2D eigenvalue weighted by atomic mass is 16.3. The largest absolute Gasteiger partial charge is 0.508 e. The molecule has 1 unspecified atom stereocenters. The average Bonchev–Trinajstić information content (AvgIpc) is 2.27. The summed E-state index contributed by atoms with van der Waals surface area (Å²) >= 11 is 0.